The third kappa shape index (κ3) is 3.15. The summed E-state index contributed by atoms with van der Waals surface area (Å²) in [5.74, 6) is 0.835. The monoisotopic (exact) mass is 271 g/mol. The molecule has 0 bridgehead atoms. The Hall–Kier alpha value is -0.240. The third-order valence-electron chi connectivity index (χ3n) is 3.75. The maximum Gasteiger partial charge on any atom is 0.0453 e. The Balaban J connectivity index is 2.17. The smallest absolute Gasteiger partial charge is 0.0453 e. The molecule has 1 saturated carbocycles. The van der Waals surface area contributed by atoms with Crippen molar-refractivity contribution in [3.8, 4) is 0 Å². The lowest BCUT2D eigenvalue weighted by atomic mass is 9.79. The van der Waals surface area contributed by atoms with E-state index in [1.54, 1.807) is 0 Å². The van der Waals surface area contributed by atoms with Gasteiger partial charge in [0.2, 0.25) is 0 Å². The zero-order valence-corrected chi connectivity index (χ0v) is 11.9. The molecule has 1 atom stereocenters. The van der Waals surface area contributed by atoms with E-state index in [1.807, 2.05) is 19.2 Å². The topological polar surface area (TPSA) is 12.0 Å². The Bertz CT molecular complexity index is 401. The minimum absolute atomic E-state index is 0.312. The second-order valence-electron chi connectivity index (χ2n) is 5.37. The first-order chi connectivity index (χ1) is 8.05. The van der Waals surface area contributed by atoms with E-state index >= 15 is 0 Å². The van der Waals surface area contributed by atoms with Gasteiger partial charge in [0.1, 0.15) is 0 Å². The quantitative estimate of drug-likeness (QED) is 0.848. The van der Waals surface area contributed by atoms with Crippen molar-refractivity contribution in [3.63, 3.8) is 0 Å². The standard InChI is InChI=1S/C14H19Cl2N/c1-14(9-17-2,11-4-5-11)8-10-3-6-12(15)7-13(10)16/h3,6-7,11,17H,4-5,8-9H2,1-2H3. The van der Waals surface area contributed by atoms with Crippen LogP contribution in [0.15, 0.2) is 18.2 Å². The van der Waals surface area contributed by atoms with Gasteiger partial charge in [-0.25, -0.2) is 0 Å². The molecule has 0 amide bonds. The first kappa shape index (κ1) is 13.2. The number of halogens is 2. The van der Waals surface area contributed by atoms with Gasteiger partial charge in [-0.1, -0.05) is 36.2 Å². The molecule has 17 heavy (non-hydrogen) atoms. The molecule has 0 saturated heterocycles. The Labute approximate surface area is 114 Å². The fraction of sp³-hybridized carbons (Fsp3) is 0.571. The fourth-order valence-corrected chi connectivity index (χ4v) is 3.11. The molecule has 0 heterocycles. The van der Waals surface area contributed by atoms with Crippen LogP contribution in [0.3, 0.4) is 0 Å². The van der Waals surface area contributed by atoms with Crippen molar-refractivity contribution in [1.82, 2.24) is 5.32 Å². The van der Waals surface area contributed by atoms with Crippen molar-refractivity contribution >= 4 is 23.2 Å². The number of benzene rings is 1. The van der Waals surface area contributed by atoms with Crippen molar-refractivity contribution in [2.75, 3.05) is 13.6 Å². The molecule has 2 rings (SSSR count). The van der Waals surface area contributed by atoms with Crippen LogP contribution >= 0.6 is 23.2 Å². The second-order valence-corrected chi connectivity index (χ2v) is 6.21. The summed E-state index contributed by atoms with van der Waals surface area (Å²) in [6, 6.07) is 5.82. The van der Waals surface area contributed by atoms with Crippen LogP contribution in [-0.2, 0) is 6.42 Å². The summed E-state index contributed by atoms with van der Waals surface area (Å²) in [6.45, 7) is 3.39. The van der Waals surface area contributed by atoms with E-state index < -0.39 is 0 Å². The first-order valence-electron chi connectivity index (χ1n) is 6.14. The summed E-state index contributed by atoms with van der Waals surface area (Å²) in [4.78, 5) is 0. The molecular formula is C14H19Cl2N. The molecule has 94 valence electrons. The molecule has 3 heteroatoms. The van der Waals surface area contributed by atoms with Crippen molar-refractivity contribution in [2.45, 2.75) is 26.2 Å². The number of rotatable bonds is 5. The van der Waals surface area contributed by atoms with Gasteiger partial charge in [0.15, 0.2) is 0 Å². The highest BCUT2D eigenvalue weighted by atomic mass is 35.5. The molecule has 0 aromatic heterocycles. The van der Waals surface area contributed by atoms with E-state index in [9.17, 15) is 0 Å². The summed E-state index contributed by atoms with van der Waals surface area (Å²) in [5, 5.41) is 4.81. The van der Waals surface area contributed by atoms with E-state index in [0.717, 1.165) is 23.9 Å². The predicted molar refractivity (Wildman–Crippen MR) is 74.9 cm³/mol. The summed E-state index contributed by atoms with van der Waals surface area (Å²) >= 11 is 12.2. The van der Waals surface area contributed by atoms with Gasteiger partial charge in [-0.3, -0.25) is 0 Å². The van der Waals surface area contributed by atoms with Gasteiger partial charge in [0, 0.05) is 16.6 Å². The van der Waals surface area contributed by atoms with Crippen molar-refractivity contribution < 1.29 is 0 Å². The summed E-state index contributed by atoms with van der Waals surface area (Å²) in [5.41, 5.74) is 1.52. The fourth-order valence-electron chi connectivity index (χ4n) is 2.64. The van der Waals surface area contributed by atoms with E-state index in [4.69, 9.17) is 23.2 Å². The molecule has 1 fully saturated rings. The molecule has 1 aliphatic carbocycles. The predicted octanol–water partition coefficient (Wildman–Crippen LogP) is 4.17. The molecule has 1 N–H and O–H groups in total. The number of nitrogens with one attached hydrogen (secondary N) is 1. The van der Waals surface area contributed by atoms with Crippen molar-refractivity contribution in [1.29, 1.82) is 0 Å². The van der Waals surface area contributed by atoms with Crippen LogP contribution in [0, 0.1) is 11.3 Å². The summed E-state index contributed by atoms with van der Waals surface area (Å²) < 4.78 is 0. The lowest BCUT2D eigenvalue weighted by Crippen LogP contribution is -2.33. The van der Waals surface area contributed by atoms with Crippen LogP contribution in [0.1, 0.15) is 25.3 Å². The zero-order valence-electron chi connectivity index (χ0n) is 10.4. The molecule has 1 unspecified atom stereocenters. The van der Waals surface area contributed by atoms with E-state index in [1.165, 1.54) is 18.4 Å². The molecule has 1 aliphatic rings. The van der Waals surface area contributed by atoms with E-state index in [2.05, 4.69) is 18.3 Å². The van der Waals surface area contributed by atoms with Crippen LogP contribution < -0.4 is 5.32 Å². The van der Waals surface area contributed by atoms with Gasteiger partial charge in [0.25, 0.3) is 0 Å². The van der Waals surface area contributed by atoms with Crippen LogP contribution in [0.25, 0.3) is 0 Å². The molecular weight excluding hydrogens is 253 g/mol. The van der Waals surface area contributed by atoms with Gasteiger partial charge in [-0.05, 0) is 55.3 Å². The van der Waals surface area contributed by atoms with Crippen LogP contribution in [0.2, 0.25) is 10.0 Å². The molecule has 0 radical (unpaired) electrons. The number of hydrogen-bond acceptors (Lipinski definition) is 1. The average molecular weight is 272 g/mol. The second kappa shape index (κ2) is 5.17. The zero-order chi connectivity index (χ0) is 12.5. The molecule has 1 aromatic rings. The molecule has 1 aromatic carbocycles. The van der Waals surface area contributed by atoms with E-state index in [0.29, 0.717) is 10.4 Å². The summed E-state index contributed by atoms with van der Waals surface area (Å²) in [7, 11) is 2.02. The van der Waals surface area contributed by atoms with Gasteiger partial charge in [-0.15, -0.1) is 0 Å². The molecule has 0 aliphatic heterocycles. The molecule has 0 spiro atoms. The third-order valence-corrected chi connectivity index (χ3v) is 4.34. The SMILES string of the molecule is CNCC(C)(Cc1ccc(Cl)cc1Cl)C1CC1. The van der Waals surface area contributed by atoms with Crippen LogP contribution in [0.5, 0.6) is 0 Å². The number of hydrogen-bond donors (Lipinski definition) is 1. The van der Waals surface area contributed by atoms with Crippen molar-refractivity contribution in [3.05, 3.63) is 33.8 Å². The normalized spacial score (nSPS) is 19.1. The van der Waals surface area contributed by atoms with Crippen molar-refractivity contribution in [2.24, 2.45) is 11.3 Å². The minimum atomic E-state index is 0.312. The van der Waals surface area contributed by atoms with Gasteiger partial charge in [0.05, 0.1) is 0 Å². The largest absolute Gasteiger partial charge is 0.319 e. The van der Waals surface area contributed by atoms with Crippen LogP contribution in [0.4, 0.5) is 0 Å². The minimum Gasteiger partial charge on any atom is -0.319 e. The molecule has 1 nitrogen and oxygen atoms in total. The van der Waals surface area contributed by atoms with E-state index in [-0.39, 0.29) is 0 Å². The lowest BCUT2D eigenvalue weighted by Gasteiger charge is -2.30. The Kier molecular flexibility index (Phi) is 4.02. The maximum absolute atomic E-state index is 6.26. The first-order valence-corrected chi connectivity index (χ1v) is 6.89. The van der Waals surface area contributed by atoms with Crippen LogP contribution in [-0.4, -0.2) is 13.6 Å². The Morgan fingerprint density at radius 1 is 1.35 bits per heavy atom. The highest BCUT2D eigenvalue weighted by molar-refractivity contribution is 6.35. The lowest BCUT2D eigenvalue weighted by molar-refractivity contribution is 0.263. The van der Waals surface area contributed by atoms with Gasteiger partial charge >= 0.3 is 0 Å². The maximum atomic E-state index is 6.26. The highest BCUT2D eigenvalue weighted by Crippen LogP contribution is 2.47. The summed E-state index contributed by atoms with van der Waals surface area (Å²) in [6.07, 6.45) is 3.72. The average Bonchev–Trinajstić information content (AvgIpc) is 3.06. The Morgan fingerprint density at radius 2 is 2.06 bits per heavy atom. The highest BCUT2D eigenvalue weighted by Gasteiger charge is 2.41. The van der Waals surface area contributed by atoms with Gasteiger partial charge in [-0.2, -0.15) is 0 Å². The van der Waals surface area contributed by atoms with Gasteiger partial charge < -0.3 is 5.32 Å². The Morgan fingerprint density at radius 3 is 2.59 bits per heavy atom.